The number of rotatable bonds is 2. The van der Waals surface area contributed by atoms with Gasteiger partial charge in [0.15, 0.2) is 0 Å². The zero-order valence-corrected chi connectivity index (χ0v) is 8.97. The van der Waals surface area contributed by atoms with E-state index in [2.05, 4.69) is 47.4 Å². The zero-order valence-electron chi connectivity index (χ0n) is 8.97. The van der Waals surface area contributed by atoms with Gasteiger partial charge in [-0.3, -0.25) is 4.90 Å². The average Bonchev–Trinajstić information content (AvgIpc) is 2.32. The Morgan fingerprint density at radius 2 is 1.93 bits per heavy atom. The van der Waals surface area contributed by atoms with Gasteiger partial charge in [0.05, 0.1) is 0 Å². The van der Waals surface area contributed by atoms with Crippen molar-refractivity contribution >= 4 is 0 Å². The molecule has 2 unspecified atom stereocenters. The minimum absolute atomic E-state index is 0.704. The van der Waals surface area contributed by atoms with Crippen LogP contribution in [0.1, 0.15) is 18.4 Å². The number of benzene rings is 1. The van der Waals surface area contributed by atoms with Gasteiger partial charge in [-0.15, -0.1) is 0 Å². The van der Waals surface area contributed by atoms with Gasteiger partial charge in [-0.1, -0.05) is 42.5 Å². The van der Waals surface area contributed by atoms with Crippen molar-refractivity contribution < 1.29 is 0 Å². The van der Waals surface area contributed by atoms with Gasteiger partial charge in [-0.25, -0.2) is 0 Å². The van der Waals surface area contributed by atoms with Crippen LogP contribution in [0.3, 0.4) is 0 Å². The molecular formula is C14H17N. The molecule has 1 aromatic rings. The van der Waals surface area contributed by atoms with Crippen molar-refractivity contribution in [1.29, 1.82) is 0 Å². The predicted molar refractivity (Wildman–Crippen MR) is 62.5 cm³/mol. The van der Waals surface area contributed by atoms with Gasteiger partial charge in [0, 0.05) is 19.1 Å². The van der Waals surface area contributed by atoms with Gasteiger partial charge in [0.2, 0.25) is 0 Å². The van der Waals surface area contributed by atoms with E-state index in [1.807, 2.05) is 0 Å². The molecule has 2 heterocycles. The Morgan fingerprint density at radius 3 is 2.53 bits per heavy atom. The van der Waals surface area contributed by atoms with E-state index in [4.69, 9.17) is 0 Å². The van der Waals surface area contributed by atoms with Crippen molar-refractivity contribution in [2.45, 2.75) is 25.4 Å². The van der Waals surface area contributed by atoms with Crippen LogP contribution in [0.25, 0.3) is 0 Å². The van der Waals surface area contributed by atoms with E-state index >= 15 is 0 Å². The van der Waals surface area contributed by atoms with Gasteiger partial charge >= 0.3 is 0 Å². The maximum absolute atomic E-state index is 2.61. The molecule has 15 heavy (non-hydrogen) atoms. The van der Waals surface area contributed by atoms with Crippen LogP contribution in [0.2, 0.25) is 0 Å². The van der Waals surface area contributed by atoms with E-state index in [1.165, 1.54) is 24.9 Å². The zero-order chi connectivity index (χ0) is 10.1. The molecule has 0 saturated carbocycles. The molecule has 0 aromatic heterocycles. The lowest BCUT2D eigenvalue weighted by molar-refractivity contribution is 0.129. The third-order valence-electron chi connectivity index (χ3n) is 3.61. The van der Waals surface area contributed by atoms with Crippen LogP contribution in [0.4, 0.5) is 0 Å². The van der Waals surface area contributed by atoms with Crippen molar-refractivity contribution in [2.24, 2.45) is 5.92 Å². The van der Waals surface area contributed by atoms with Gasteiger partial charge < -0.3 is 0 Å². The Kier molecular flexibility index (Phi) is 2.34. The summed E-state index contributed by atoms with van der Waals surface area (Å²) in [4.78, 5) is 2.61. The monoisotopic (exact) mass is 199 g/mol. The molecule has 78 valence electrons. The number of hydrogen-bond donors (Lipinski definition) is 0. The first-order valence-electron chi connectivity index (χ1n) is 5.88. The molecule has 4 rings (SSSR count). The van der Waals surface area contributed by atoms with Gasteiger partial charge in [0.1, 0.15) is 0 Å². The first kappa shape index (κ1) is 9.17. The molecule has 1 saturated heterocycles. The maximum atomic E-state index is 2.61. The summed E-state index contributed by atoms with van der Waals surface area (Å²) in [6.45, 7) is 2.38. The molecule has 3 aliphatic rings. The average molecular weight is 199 g/mol. The number of nitrogens with zero attached hydrogens (tertiary/aromatic N) is 1. The van der Waals surface area contributed by atoms with Gasteiger partial charge in [0.25, 0.3) is 0 Å². The van der Waals surface area contributed by atoms with Crippen LogP contribution in [0, 0.1) is 5.92 Å². The second kappa shape index (κ2) is 3.82. The molecular weight excluding hydrogens is 182 g/mol. The van der Waals surface area contributed by atoms with Crippen LogP contribution in [0.15, 0.2) is 42.5 Å². The second-order valence-electron chi connectivity index (χ2n) is 4.70. The molecule has 0 amide bonds. The van der Waals surface area contributed by atoms with E-state index in [0.717, 1.165) is 12.5 Å². The molecule has 1 nitrogen and oxygen atoms in total. The number of hydrogen-bond acceptors (Lipinski definition) is 1. The Labute approximate surface area is 91.4 Å². The Bertz CT molecular complexity index is 355. The van der Waals surface area contributed by atoms with Crippen molar-refractivity contribution in [3.05, 3.63) is 48.0 Å². The van der Waals surface area contributed by atoms with Crippen molar-refractivity contribution in [3.63, 3.8) is 0 Å². The smallest absolute Gasteiger partial charge is 0.0282 e. The summed E-state index contributed by atoms with van der Waals surface area (Å²) in [5, 5.41) is 0. The Balaban J connectivity index is 1.72. The Morgan fingerprint density at radius 1 is 1.07 bits per heavy atom. The summed E-state index contributed by atoms with van der Waals surface area (Å²) in [6.07, 6.45) is 7.57. The lowest BCUT2D eigenvalue weighted by atomic mass is 9.86. The molecule has 1 aliphatic carbocycles. The van der Waals surface area contributed by atoms with E-state index in [9.17, 15) is 0 Å². The fourth-order valence-corrected chi connectivity index (χ4v) is 2.76. The van der Waals surface area contributed by atoms with Crippen LogP contribution in [0.5, 0.6) is 0 Å². The topological polar surface area (TPSA) is 3.24 Å². The molecule has 1 fully saturated rings. The van der Waals surface area contributed by atoms with Crippen LogP contribution in [-0.2, 0) is 6.54 Å². The summed E-state index contributed by atoms with van der Waals surface area (Å²) >= 11 is 0. The van der Waals surface area contributed by atoms with Crippen LogP contribution in [-0.4, -0.2) is 17.5 Å². The third-order valence-corrected chi connectivity index (χ3v) is 3.61. The minimum Gasteiger partial charge on any atom is -0.292 e. The molecule has 1 aromatic carbocycles. The first-order valence-corrected chi connectivity index (χ1v) is 5.88. The summed E-state index contributed by atoms with van der Waals surface area (Å²) in [5.74, 6) is 0.818. The maximum Gasteiger partial charge on any atom is 0.0282 e. The van der Waals surface area contributed by atoms with Crippen LogP contribution < -0.4 is 0 Å². The van der Waals surface area contributed by atoms with Gasteiger partial charge in [-0.05, 0) is 24.3 Å². The molecule has 1 heteroatoms. The minimum atomic E-state index is 0.704. The van der Waals surface area contributed by atoms with E-state index in [1.54, 1.807) is 0 Å². The molecule has 0 N–H and O–H groups in total. The lowest BCUT2D eigenvalue weighted by Crippen LogP contribution is -2.44. The summed E-state index contributed by atoms with van der Waals surface area (Å²) in [5.41, 5.74) is 1.44. The summed E-state index contributed by atoms with van der Waals surface area (Å²) < 4.78 is 0. The molecule has 0 spiro atoms. The van der Waals surface area contributed by atoms with E-state index < -0.39 is 0 Å². The normalized spacial score (nSPS) is 29.6. The van der Waals surface area contributed by atoms with E-state index in [0.29, 0.717) is 6.04 Å². The van der Waals surface area contributed by atoms with Gasteiger partial charge in [-0.2, -0.15) is 0 Å². The fourth-order valence-electron chi connectivity index (χ4n) is 2.76. The first-order chi connectivity index (χ1) is 7.42. The largest absolute Gasteiger partial charge is 0.292 e. The quantitative estimate of drug-likeness (QED) is 0.662. The predicted octanol–water partition coefficient (Wildman–Crippen LogP) is 2.84. The highest BCUT2D eigenvalue weighted by atomic mass is 15.2. The molecule has 0 radical (unpaired) electrons. The lowest BCUT2D eigenvalue weighted by Gasteiger charge is -2.41. The Hall–Kier alpha value is -1.08. The van der Waals surface area contributed by atoms with Crippen molar-refractivity contribution in [2.75, 3.05) is 6.54 Å². The molecule has 2 aliphatic heterocycles. The number of fused-ring (bicyclic) bond motifs is 2. The summed E-state index contributed by atoms with van der Waals surface area (Å²) in [7, 11) is 0. The van der Waals surface area contributed by atoms with Crippen molar-refractivity contribution in [3.8, 4) is 0 Å². The van der Waals surface area contributed by atoms with E-state index in [-0.39, 0.29) is 0 Å². The molecule has 2 bridgehead atoms. The van der Waals surface area contributed by atoms with Crippen LogP contribution >= 0.6 is 0 Å². The highest BCUT2D eigenvalue weighted by molar-refractivity contribution is 5.16. The fraction of sp³-hybridized carbons (Fsp3) is 0.429. The molecule has 2 atom stereocenters. The standard InChI is InChI=1S/C14H17N/c1-2-4-12(5-3-1)10-15-11-13-6-8-14(15)9-7-13/h1-6,8,13-14H,7,9-11H2. The highest BCUT2D eigenvalue weighted by Gasteiger charge is 2.29. The van der Waals surface area contributed by atoms with Crippen molar-refractivity contribution in [1.82, 2.24) is 4.90 Å². The summed E-state index contributed by atoms with van der Waals surface area (Å²) in [6, 6.07) is 11.5. The second-order valence-corrected chi connectivity index (χ2v) is 4.70. The highest BCUT2D eigenvalue weighted by Crippen LogP contribution is 2.30. The third kappa shape index (κ3) is 1.84. The number of piperidine rings is 1. The SMILES string of the molecule is C1=CC2CCC1CN2Cc1ccccc1.